The summed E-state index contributed by atoms with van der Waals surface area (Å²) in [5.41, 5.74) is 1.14. The number of amides is 1. The van der Waals surface area contributed by atoms with Crippen LogP contribution in [0.15, 0.2) is 58.3 Å². The highest BCUT2D eigenvalue weighted by Crippen LogP contribution is 2.26. The van der Waals surface area contributed by atoms with Crippen LogP contribution in [0, 0.1) is 0 Å². The molecule has 4 rings (SSSR count). The third-order valence-corrected chi connectivity index (χ3v) is 5.66. The summed E-state index contributed by atoms with van der Waals surface area (Å²) in [5, 5.41) is 12.4. The van der Waals surface area contributed by atoms with Crippen molar-refractivity contribution >= 4 is 17.7 Å². The Hall–Kier alpha value is -2.54. The van der Waals surface area contributed by atoms with Gasteiger partial charge in [-0.1, -0.05) is 54.9 Å². The number of hydrogen-bond acceptors (Lipinski definition) is 5. The third kappa shape index (κ3) is 4.42. The highest BCUT2D eigenvalue weighted by molar-refractivity contribution is 7.99. The molecule has 3 aromatic rings. The van der Waals surface area contributed by atoms with Crippen LogP contribution in [-0.2, 0) is 11.3 Å². The van der Waals surface area contributed by atoms with Gasteiger partial charge in [-0.15, -0.1) is 10.2 Å². The first kappa shape index (κ1) is 17.9. The van der Waals surface area contributed by atoms with Gasteiger partial charge < -0.3 is 9.73 Å². The number of aromatic nitrogens is 3. The van der Waals surface area contributed by atoms with Gasteiger partial charge in [-0.25, -0.2) is 0 Å². The van der Waals surface area contributed by atoms with Crippen molar-refractivity contribution in [3.05, 3.63) is 54.3 Å². The maximum absolute atomic E-state index is 12.3. The molecule has 0 bridgehead atoms. The summed E-state index contributed by atoms with van der Waals surface area (Å²) in [4.78, 5) is 12.3. The van der Waals surface area contributed by atoms with E-state index in [2.05, 4.69) is 27.6 Å². The van der Waals surface area contributed by atoms with E-state index in [9.17, 15) is 4.79 Å². The molecule has 1 aliphatic carbocycles. The van der Waals surface area contributed by atoms with Crippen LogP contribution < -0.4 is 5.32 Å². The molecular weight excluding hydrogens is 360 g/mol. The van der Waals surface area contributed by atoms with Crippen LogP contribution >= 0.6 is 11.8 Å². The molecule has 140 valence electrons. The van der Waals surface area contributed by atoms with E-state index in [1.807, 2.05) is 34.9 Å². The van der Waals surface area contributed by atoms with E-state index in [4.69, 9.17) is 4.42 Å². The molecule has 1 aromatic carbocycles. The predicted octanol–water partition coefficient (Wildman–Crippen LogP) is 3.74. The summed E-state index contributed by atoms with van der Waals surface area (Å²) in [7, 11) is 0. The number of benzene rings is 1. The van der Waals surface area contributed by atoms with Gasteiger partial charge >= 0.3 is 0 Å². The van der Waals surface area contributed by atoms with Gasteiger partial charge in [-0.2, -0.15) is 0 Å². The molecule has 0 spiro atoms. The largest absolute Gasteiger partial charge is 0.461 e. The second-order valence-electron chi connectivity index (χ2n) is 6.69. The Morgan fingerprint density at radius 2 is 1.96 bits per heavy atom. The Labute approximate surface area is 162 Å². The summed E-state index contributed by atoms with van der Waals surface area (Å²) >= 11 is 1.41. The lowest BCUT2D eigenvalue weighted by Gasteiger charge is -2.12. The molecule has 1 N–H and O–H groups in total. The van der Waals surface area contributed by atoms with Gasteiger partial charge in [-0.05, 0) is 30.5 Å². The first-order chi connectivity index (χ1) is 13.3. The summed E-state index contributed by atoms with van der Waals surface area (Å²) < 4.78 is 7.52. The number of carbonyl (C=O) groups excluding carboxylic acids is 1. The lowest BCUT2D eigenvalue weighted by Crippen LogP contribution is -2.33. The van der Waals surface area contributed by atoms with Gasteiger partial charge in [0.25, 0.3) is 0 Å². The van der Waals surface area contributed by atoms with Crippen molar-refractivity contribution in [1.82, 2.24) is 20.1 Å². The second kappa shape index (κ2) is 8.43. The van der Waals surface area contributed by atoms with E-state index in [0.717, 1.165) is 18.4 Å². The van der Waals surface area contributed by atoms with E-state index < -0.39 is 0 Å². The molecule has 2 heterocycles. The van der Waals surface area contributed by atoms with Crippen molar-refractivity contribution in [3.8, 4) is 11.6 Å². The molecule has 1 fully saturated rings. The van der Waals surface area contributed by atoms with Crippen LogP contribution in [0.1, 0.15) is 31.2 Å². The van der Waals surface area contributed by atoms with Crippen LogP contribution in [0.5, 0.6) is 0 Å². The summed E-state index contributed by atoms with van der Waals surface area (Å²) in [6.07, 6.45) is 6.21. The van der Waals surface area contributed by atoms with E-state index >= 15 is 0 Å². The van der Waals surface area contributed by atoms with Crippen LogP contribution in [0.2, 0.25) is 0 Å². The number of rotatable bonds is 7. The quantitative estimate of drug-likeness (QED) is 0.630. The van der Waals surface area contributed by atoms with Crippen LogP contribution in [0.4, 0.5) is 0 Å². The number of furan rings is 1. The zero-order valence-corrected chi connectivity index (χ0v) is 15.8. The smallest absolute Gasteiger partial charge is 0.230 e. The highest BCUT2D eigenvalue weighted by Gasteiger charge is 2.20. The van der Waals surface area contributed by atoms with Crippen molar-refractivity contribution in [2.24, 2.45) is 0 Å². The summed E-state index contributed by atoms with van der Waals surface area (Å²) in [6, 6.07) is 14.2. The predicted molar refractivity (Wildman–Crippen MR) is 104 cm³/mol. The Morgan fingerprint density at radius 3 is 2.70 bits per heavy atom. The minimum Gasteiger partial charge on any atom is -0.461 e. The topological polar surface area (TPSA) is 73.0 Å². The number of thioether (sulfide) groups is 1. The molecule has 0 aliphatic heterocycles. The van der Waals surface area contributed by atoms with E-state index in [1.54, 1.807) is 6.26 Å². The molecule has 1 aliphatic rings. The minimum absolute atomic E-state index is 0.0562. The number of hydrogen-bond donors (Lipinski definition) is 1. The number of carbonyl (C=O) groups is 1. The molecule has 0 saturated heterocycles. The Balaban J connectivity index is 1.50. The van der Waals surface area contributed by atoms with E-state index in [-0.39, 0.29) is 5.91 Å². The Kier molecular flexibility index (Phi) is 5.58. The van der Waals surface area contributed by atoms with Gasteiger partial charge in [-0.3, -0.25) is 9.36 Å². The fraction of sp³-hybridized carbons (Fsp3) is 0.350. The number of nitrogens with zero attached hydrogens (tertiary/aromatic N) is 3. The molecule has 0 radical (unpaired) electrons. The molecule has 6 nitrogen and oxygen atoms in total. The van der Waals surface area contributed by atoms with Crippen molar-refractivity contribution in [1.29, 1.82) is 0 Å². The average molecular weight is 382 g/mol. The fourth-order valence-electron chi connectivity index (χ4n) is 3.36. The second-order valence-corrected chi connectivity index (χ2v) is 7.64. The average Bonchev–Trinajstić information content (AvgIpc) is 3.43. The lowest BCUT2D eigenvalue weighted by atomic mass is 10.2. The van der Waals surface area contributed by atoms with Crippen molar-refractivity contribution in [2.45, 2.75) is 43.4 Å². The molecular formula is C20H22N4O2S. The highest BCUT2D eigenvalue weighted by atomic mass is 32.2. The van der Waals surface area contributed by atoms with Crippen molar-refractivity contribution < 1.29 is 9.21 Å². The minimum atomic E-state index is 0.0562. The third-order valence-electron chi connectivity index (χ3n) is 4.69. The molecule has 7 heteroatoms. The van der Waals surface area contributed by atoms with Crippen LogP contribution in [-0.4, -0.2) is 32.5 Å². The van der Waals surface area contributed by atoms with Gasteiger partial charge in [0, 0.05) is 6.04 Å². The van der Waals surface area contributed by atoms with Gasteiger partial charge in [0.15, 0.2) is 10.9 Å². The zero-order chi connectivity index (χ0) is 18.5. The van der Waals surface area contributed by atoms with Crippen molar-refractivity contribution in [2.75, 3.05) is 5.75 Å². The maximum Gasteiger partial charge on any atom is 0.230 e. The maximum atomic E-state index is 12.3. The monoisotopic (exact) mass is 382 g/mol. The van der Waals surface area contributed by atoms with Crippen LogP contribution in [0.25, 0.3) is 11.6 Å². The van der Waals surface area contributed by atoms with Gasteiger partial charge in [0.2, 0.25) is 11.7 Å². The SMILES string of the molecule is O=C(CSc1nnc(-c2ccco2)n1Cc1ccccc1)NC1CCCC1. The first-order valence-electron chi connectivity index (χ1n) is 9.23. The van der Waals surface area contributed by atoms with E-state index in [1.165, 1.54) is 24.6 Å². The first-order valence-corrected chi connectivity index (χ1v) is 10.2. The molecule has 0 unspecified atom stereocenters. The Morgan fingerprint density at radius 1 is 1.15 bits per heavy atom. The fourth-order valence-corrected chi connectivity index (χ4v) is 4.11. The molecule has 1 saturated carbocycles. The molecule has 0 atom stereocenters. The summed E-state index contributed by atoms with van der Waals surface area (Å²) in [5.74, 6) is 1.73. The van der Waals surface area contributed by atoms with E-state index in [0.29, 0.717) is 35.1 Å². The normalized spacial score (nSPS) is 14.5. The lowest BCUT2D eigenvalue weighted by molar-refractivity contribution is -0.119. The molecule has 27 heavy (non-hydrogen) atoms. The van der Waals surface area contributed by atoms with Crippen LogP contribution in [0.3, 0.4) is 0 Å². The summed E-state index contributed by atoms with van der Waals surface area (Å²) in [6.45, 7) is 0.621. The standard InChI is InChI=1S/C20H22N4O2S/c25-18(21-16-9-4-5-10-16)14-27-20-23-22-19(17-11-6-12-26-17)24(20)13-15-7-2-1-3-8-15/h1-3,6-8,11-12,16H,4-5,9-10,13-14H2,(H,21,25). The Bertz CT molecular complexity index is 871. The van der Waals surface area contributed by atoms with Crippen molar-refractivity contribution in [3.63, 3.8) is 0 Å². The van der Waals surface area contributed by atoms with Gasteiger partial charge in [0.05, 0.1) is 18.6 Å². The van der Waals surface area contributed by atoms with Gasteiger partial charge in [0.1, 0.15) is 0 Å². The molecule has 1 amide bonds. The molecule has 2 aromatic heterocycles. The number of nitrogens with one attached hydrogen (secondary N) is 1. The zero-order valence-electron chi connectivity index (χ0n) is 15.0.